The Kier molecular flexibility index (Phi) is 6.77. The molecule has 2 rings (SSSR count). The number of carbonyl (C=O) groups excluding carboxylic acids is 2. The van der Waals surface area contributed by atoms with E-state index in [0.717, 1.165) is 11.1 Å². The van der Waals surface area contributed by atoms with Gasteiger partial charge in [0.2, 0.25) is 21.8 Å². The molecule has 1 saturated heterocycles. The van der Waals surface area contributed by atoms with E-state index in [9.17, 15) is 18.0 Å². The molecule has 1 fully saturated rings. The van der Waals surface area contributed by atoms with Crippen LogP contribution >= 0.6 is 0 Å². The molecule has 1 aliphatic rings. The van der Waals surface area contributed by atoms with Crippen LogP contribution < -0.4 is 0 Å². The Morgan fingerprint density at radius 3 is 2.27 bits per heavy atom. The number of sulfonamides is 1. The normalized spacial score (nSPS) is 15.4. The second-order valence-corrected chi connectivity index (χ2v) is 8.70. The fourth-order valence-electron chi connectivity index (χ4n) is 3.03. The van der Waals surface area contributed by atoms with Gasteiger partial charge in [0.25, 0.3) is 0 Å². The summed E-state index contributed by atoms with van der Waals surface area (Å²) in [5, 5.41) is 0. The van der Waals surface area contributed by atoms with Gasteiger partial charge in [-0.05, 0) is 12.5 Å². The summed E-state index contributed by atoms with van der Waals surface area (Å²) in [6.07, 6.45) is 1.30. The highest BCUT2D eigenvalue weighted by Gasteiger charge is 2.24. The van der Waals surface area contributed by atoms with Gasteiger partial charge in [0.15, 0.2) is 0 Å². The van der Waals surface area contributed by atoms with Crippen molar-refractivity contribution >= 4 is 21.8 Å². The molecule has 0 aliphatic carbocycles. The Morgan fingerprint density at radius 1 is 1.12 bits per heavy atom. The predicted octanol–water partition coefficient (Wildman–Crippen LogP) is 0.837. The van der Waals surface area contributed by atoms with Crippen molar-refractivity contribution in [3.8, 4) is 0 Å². The Hall–Kier alpha value is -1.93. The zero-order valence-electron chi connectivity index (χ0n) is 15.6. The van der Waals surface area contributed by atoms with E-state index in [1.165, 1.54) is 17.5 Å². The molecule has 0 N–H and O–H groups in total. The molecule has 1 aromatic rings. The number of hydrogen-bond donors (Lipinski definition) is 0. The maximum Gasteiger partial charge on any atom is 0.224 e. The Bertz CT molecular complexity index is 755. The largest absolute Gasteiger partial charge is 0.339 e. The molecule has 8 heteroatoms. The van der Waals surface area contributed by atoms with Crippen molar-refractivity contribution in [3.63, 3.8) is 0 Å². The third kappa shape index (κ3) is 5.81. The molecule has 144 valence electrons. The summed E-state index contributed by atoms with van der Waals surface area (Å²) in [5.74, 6) is -0.0652. The summed E-state index contributed by atoms with van der Waals surface area (Å²) in [6, 6.07) is 7.68. The molecular weight excluding hydrogens is 354 g/mol. The average molecular weight is 381 g/mol. The summed E-state index contributed by atoms with van der Waals surface area (Å²) in [4.78, 5) is 27.2. The van der Waals surface area contributed by atoms with E-state index in [1.807, 2.05) is 31.2 Å². The molecule has 0 saturated carbocycles. The van der Waals surface area contributed by atoms with Crippen LogP contribution in [-0.4, -0.2) is 73.3 Å². The van der Waals surface area contributed by atoms with Crippen molar-refractivity contribution in [1.29, 1.82) is 0 Å². The molecule has 1 aromatic carbocycles. The minimum Gasteiger partial charge on any atom is -0.339 e. The molecule has 1 aliphatic heterocycles. The van der Waals surface area contributed by atoms with Gasteiger partial charge in [-0.25, -0.2) is 8.42 Å². The second-order valence-electron chi connectivity index (χ2n) is 6.72. The highest BCUT2D eigenvalue weighted by molar-refractivity contribution is 7.88. The fourth-order valence-corrected chi connectivity index (χ4v) is 3.83. The number of amides is 2. The zero-order chi connectivity index (χ0) is 19.3. The molecule has 7 nitrogen and oxygen atoms in total. The van der Waals surface area contributed by atoms with Crippen molar-refractivity contribution in [2.75, 3.05) is 39.0 Å². The number of carbonyl (C=O) groups is 2. The summed E-state index contributed by atoms with van der Waals surface area (Å²) >= 11 is 0. The lowest BCUT2D eigenvalue weighted by Crippen LogP contribution is -2.50. The third-order valence-electron chi connectivity index (χ3n) is 4.56. The van der Waals surface area contributed by atoms with Crippen LogP contribution in [0.3, 0.4) is 0 Å². The number of nitrogens with zero attached hydrogens (tertiary/aromatic N) is 3. The van der Waals surface area contributed by atoms with Gasteiger partial charge in [-0.15, -0.1) is 0 Å². The van der Waals surface area contributed by atoms with E-state index in [4.69, 9.17) is 0 Å². The van der Waals surface area contributed by atoms with Crippen molar-refractivity contribution in [2.45, 2.75) is 26.8 Å². The number of hydrogen-bond acceptors (Lipinski definition) is 4. The first-order chi connectivity index (χ1) is 12.2. The molecule has 2 amide bonds. The van der Waals surface area contributed by atoms with Gasteiger partial charge in [-0.1, -0.05) is 29.8 Å². The fraction of sp³-hybridized carbons (Fsp3) is 0.556. The van der Waals surface area contributed by atoms with Crippen molar-refractivity contribution < 1.29 is 18.0 Å². The van der Waals surface area contributed by atoms with Gasteiger partial charge < -0.3 is 9.80 Å². The minimum absolute atomic E-state index is 0.0125. The number of benzene rings is 1. The molecule has 0 aromatic heterocycles. The second kappa shape index (κ2) is 8.64. The molecule has 0 atom stereocenters. The lowest BCUT2D eigenvalue weighted by Gasteiger charge is -2.34. The van der Waals surface area contributed by atoms with Gasteiger partial charge in [0.05, 0.1) is 6.26 Å². The van der Waals surface area contributed by atoms with Gasteiger partial charge >= 0.3 is 0 Å². The highest BCUT2D eigenvalue weighted by Crippen LogP contribution is 2.12. The van der Waals surface area contributed by atoms with Crippen LogP contribution in [0.4, 0.5) is 0 Å². The lowest BCUT2D eigenvalue weighted by atomic mass is 10.1. The summed E-state index contributed by atoms with van der Waals surface area (Å²) in [5.41, 5.74) is 1.97. The smallest absolute Gasteiger partial charge is 0.224 e. The van der Waals surface area contributed by atoms with Crippen LogP contribution in [0, 0.1) is 6.92 Å². The summed E-state index contributed by atoms with van der Waals surface area (Å²) in [7, 11) is -3.41. The molecule has 26 heavy (non-hydrogen) atoms. The lowest BCUT2D eigenvalue weighted by molar-refractivity contribution is -0.138. The molecule has 0 unspecified atom stereocenters. The monoisotopic (exact) mass is 381 g/mol. The first-order valence-electron chi connectivity index (χ1n) is 8.71. The van der Waals surface area contributed by atoms with Crippen molar-refractivity contribution in [1.82, 2.24) is 14.1 Å². The minimum atomic E-state index is -3.41. The topological polar surface area (TPSA) is 78.0 Å². The van der Waals surface area contributed by atoms with E-state index in [2.05, 4.69) is 0 Å². The summed E-state index contributed by atoms with van der Waals surface area (Å²) < 4.78 is 25.5. The van der Waals surface area contributed by atoms with Gasteiger partial charge in [-0.3, -0.25) is 9.59 Å². The number of piperazine rings is 1. The predicted molar refractivity (Wildman–Crippen MR) is 99.9 cm³/mol. The Labute approximate surface area is 155 Å². The maximum atomic E-state index is 12.4. The van der Waals surface area contributed by atoms with Gasteiger partial charge in [0, 0.05) is 52.6 Å². The maximum absolute atomic E-state index is 12.4. The van der Waals surface area contributed by atoms with E-state index < -0.39 is 10.0 Å². The van der Waals surface area contributed by atoms with Crippen LogP contribution in [0.2, 0.25) is 0 Å². The van der Waals surface area contributed by atoms with E-state index in [-0.39, 0.29) is 31.3 Å². The average Bonchev–Trinajstić information content (AvgIpc) is 2.57. The van der Waals surface area contributed by atoms with Gasteiger partial charge in [-0.2, -0.15) is 4.31 Å². The van der Waals surface area contributed by atoms with Crippen molar-refractivity contribution in [2.24, 2.45) is 0 Å². The van der Waals surface area contributed by atoms with Crippen LogP contribution in [-0.2, 0) is 26.2 Å². The molecular formula is C18H27N3O4S. The molecule has 0 radical (unpaired) electrons. The quantitative estimate of drug-likeness (QED) is 0.731. The van der Waals surface area contributed by atoms with Gasteiger partial charge in [0.1, 0.15) is 0 Å². The van der Waals surface area contributed by atoms with Crippen LogP contribution in [0.15, 0.2) is 24.3 Å². The molecule has 0 bridgehead atoms. The van der Waals surface area contributed by atoms with Crippen LogP contribution in [0.25, 0.3) is 0 Å². The Morgan fingerprint density at radius 2 is 1.73 bits per heavy atom. The van der Waals surface area contributed by atoms with E-state index in [1.54, 1.807) is 9.80 Å². The Balaban J connectivity index is 1.93. The highest BCUT2D eigenvalue weighted by atomic mass is 32.2. The zero-order valence-corrected chi connectivity index (χ0v) is 16.5. The first-order valence-corrected chi connectivity index (χ1v) is 10.6. The first kappa shape index (κ1) is 20.4. The standard InChI is InChI=1S/C18H27N3O4S/c1-15-5-4-6-17(13-15)14-21(26(3,24)25)8-7-18(23)20-11-9-19(10-12-20)16(2)22/h4-6,13H,7-12,14H2,1-3H3. The SMILES string of the molecule is CC(=O)N1CCN(C(=O)CCN(Cc2cccc(C)c2)S(C)(=O)=O)CC1. The number of aryl methyl sites for hydroxylation is 1. The third-order valence-corrected chi connectivity index (χ3v) is 5.81. The molecule has 1 heterocycles. The summed E-state index contributed by atoms with van der Waals surface area (Å²) in [6.45, 7) is 5.93. The number of rotatable bonds is 6. The van der Waals surface area contributed by atoms with Crippen LogP contribution in [0.1, 0.15) is 24.5 Å². The van der Waals surface area contributed by atoms with E-state index in [0.29, 0.717) is 26.2 Å². The molecule has 0 spiro atoms. The van der Waals surface area contributed by atoms with Crippen LogP contribution in [0.5, 0.6) is 0 Å². The van der Waals surface area contributed by atoms with Crippen molar-refractivity contribution in [3.05, 3.63) is 35.4 Å². The van der Waals surface area contributed by atoms with E-state index >= 15 is 0 Å².